The SMILES string of the molecule is Cc1nc(CCNC(=O)N2CCSCC2CC(=O)O)cs1. The van der Waals surface area contributed by atoms with E-state index in [1.807, 2.05) is 12.3 Å². The number of amides is 2. The number of carbonyl (C=O) groups excluding carboxylic acids is 1. The molecule has 1 fully saturated rings. The van der Waals surface area contributed by atoms with E-state index in [0.717, 1.165) is 16.5 Å². The fourth-order valence-electron chi connectivity index (χ4n) is 2.21. The minimum atomic E-state index is -0.863. The lowest BCUT2D eigenvalue weighted by Crippen LogP contribution is -2.51. The Morgan fingerprint density at radius 2 is 2.38 bits per heavy atom. The van der Waals surface area contributed by atoms with Gasteiger partial charge in [0.2, 0.25) is 0 Å². The second-order valence-corrected chi connectivity index (χ2v) is 7.07. The minimum Gasteiger partial charge on any atom is -0.481 e. The van der Waals surface area contributed by atoms with Crippen LogP contribution in [0, 0.1) is 6.92 Å². The van der Waals surface area contributed by atoms with E-state index >= 15 is 0 Å². The maximum Gasteiger partial charge on any atom is 0.317 e. The van der Waals surface area contributed by atoms with Crippen molar-refractivity contribution in [3.8, 4) is 0 Å². The Labute approximate surface area is 131 Å². The van der Waals surface area contributed by atoms with Crippen LogP contribution in [0.5, 0.6) is 0 Å². The van der Waals surface area contributed by atoms with Crippen LogP contribution in [0.2, 0.25) is 0 Å². The van der Waals surface area contributed by atoms with Gasteiger partial charge in [0, 0.05) is 36.4 Å². The van der Waals surface area contributed by atoms with Crippen LogP contribution in [-0.4, -0.2) is 57.6 Å². The summed E-state index contributed by atoms with van der Waals surface area (Å²) in [5.74, 6) is 0.679. The Morgan fingerprint density at radius 1 is 1.57 bits per heavy atom. The number of thiazole rings is 1. The predicted molar refractivity (Wildman–Crippen MR) is 84.0 cm³/mol. The molecule has 2 N–H and O–H groups in total. The lowest BCUT2D eigenvalue weighted by molar-refractivity contribution is -0.137. The van der Waals surface area contributed by atoms with Gasteiger partial charge in [-0.1, -0.05) is 0 Å². The van der Waals surface area contributed by atoms with E-state index < -0.39 is 5.97 Å². The van der Waals surface area contributed by atoms with Gasteiger partial charge in [0.1, 0.15) is 0 Å². The molecule has 8 heteroatoms. The molecule has 1 aromatic heterocycles. The summed E-state index contributed by atoms with van der Waals surface area (Å²) in [6, 6.07) is -0.392. The van der Waals surface area contributed by atoms with Gasteiger partial charge < -0.3 is 15.3 Å². The van der Waals surface area contributed by atoms with Gasteiger partial charge in [0.15, 0.2) is 0 Å². The lowest BCUT2D eigenvalue weighted by Gasteiger charge is -2.34. The van der Waals surface area contributed by atoms with E-state index in [4.69, 9.17) is 5.11 Å². The quantitative estimate of drug-likeness (QED) is 0.857. The number of carboxylic acids is 1. The van der Waals surface area contributed by atoms with Gasteiger partial charge in [-0.3, -0.25) is 4.79 Å². The highest BCUT2D eigenvalue weighted by molar-refractivity contribution is 7.99. The normalized spacial score (nSPS) is 18.5. The second kappa shape index (κ2) is 7.65. The van der Waals surface area contributed by atoms with E-state index in [1.54, 1.807) is 28.0 Å². The number of hydrogen-bond donors (Lipinski definition) is 2. The molecule has 0 aliphatic carbocycles. The van der Waals surface area contributed by atoms with Crippen molar-refractivity contribution in [2.75, 3.05) is 24.6 Å². The number of aliphatic carboxylic acids is 1. The van der Waals surface area contributed by atoms with E-state index in [9.17, 15) is 9.59 Å². The summed E-state index contributed by atoms with van der Waals surface area (Å²) in [5.41, 5.74) is 0.981. The van der Waals surface area contributed by atoms with Crippen molar-refractivity contribution >= 4 is 35.1 Å². The number of urea groups is 1. The molecule has 2 heterocycles. The van der Waals surface area contributed by atoms with Crippen molar-refractivity contribution in [1.29, 1.82) is 0 Å². The zero-order valence-corrected chi connectivity index (χ0v) is 13.5. The Balaban J connectivity index is 1.81. The molecule has 0 radical (unpaired) electrons. The van der Waals surface area contributed by atoms with Gasteiger partial charge in [-0.25, -0.2) is 9.78 Å². The summed E-state index contributed by atoms with van der Waals surface area (Å²) in [6.07, 6.45) is 0.702. The number of rotatable bonds is 5. The zero-order valence-electron chi connectivity index (χ0n) is 11.9. The average Bonchev–Trinajstić information content (AvgIpc) is 2.84. The van der Waals surface area contributed by atoms with Crippen LogP contribution in [0.15, 0.2) is 5.38 Å². The second-order valence-electron chi connectivity index (χ2n) is 4.86. The van der Waals surface area contributed by atoms with Crippen LogP contribution >= 0.6 is 23.1 Å². The van der Waals surface area contributed by atoms with Gasteiger partial charge in [-0.15, -0.1) is 11.3 Å². The first-order chi connectivity index (χ1) is 10.1. The molecular weight excluding hydrogens is 310 g/mol. The summed E-state index contributed by atoms with van der Waals surface area (Å²) >= 11 is 3.29. The molecule has 1 saturated heterocycles. The smallest absolute Gasteiger partial charge is 0.317 e. The van der Waals surface area contributed by atoms with E-state index in [-0.39, 0.29) is 18.5 Å². The number of aromatic nitrogens is 1. The number of carboxylic acid groups (broad SMARTS) is 1. The van der Waals surface area contributed by atoms with Crippen molar-refractivity contribution in [2.24, 2.45) is 0 Å². The molecule has 0 aromatic carbocycles. The maximum atomic E-state index is 12.2. The van der Waals surface area contributed by atoms with E-state index in [0.29, 0.717) is 25.3 Å². The molecule has 1 aliphatic rings. The number of nitrogens with one attached hydrogen (secondary N) is 1. The summed E-state index contributed by atoms with van der Waals surface area (Å²) in [4.78, 5) is 29.0. The van der Waals surface area contributed by atoms with Crippen LogP contribution in [0.25, 0.3) is 0 Å². The van der Waals surface area contributed by atoms with Crippen LogP contribution in [0.3, 0.4) is 0 Å². The highest BCUT2D eigenvalue weighted by Gasteiger charge is 2.28. The summed E-state index contributed by atoms with van der Waals surface area (Å²) in [5, 5.41) is 14.8. The van der Waals surface area contributed by atoms with Crippen molar-refractivity contribution < 1.29 is 14.7 Å². The summed E-state index contributed by atoms with van der Waals surface area (Å²) < 4.78 is 0. The fourth-order valence-corrected chi connectivity index (χ4v) is 3.92. The number of carbonyl (C=O) groups is 2. The first-order valence-corrected chi connectivity index (χ1v) is 8.84. The number of hydrogen-bond acceptors (Lipinski definition) is 5. The van der Waals surface area contributed by atoms with Crippen molar-refractivity contribution in [3.05, 3.63) is 16.1 Å². The standard InChI is InChI=1S/C13H19N3O3S2/c1-9-15-10(7-21-9)2-3-14-13(19)16-4-5-20-8-11(16)6-12(17)18/h7,11H,2-6,8H2,1H3,(H,14,19)(H,17,18). The summed E-state index contributed by atoms with van der Waals surface area (Å²) in [7, 11) is 0. The van der Waals surface area contributed by atoms with Crippen molar-refractivity contribution in [1.82, 2.24) is 15.2 Å². The minimum absolute atomic E-state index is 0.00566. The Bertz CT molecular complexity index is 507. The van der Waals surface area contributed by atoms with Crippen molar-refractivity contribution in [2.45, 2.75) is 25.8 Å². The molecule has 116 valence electrons. The topological polar surface area (TPSA) is 82.5 Å². The highest BCUT2D eigenvalue weighted by Crippen LogP contribution is 2.19. The molecule has 1 atom stereocenters. The predicted octanol–water partition coefficient (Wildman–Crippen LogP) is 1.60. The van der Waals surface area contributed by atoms with Gasteiger partial charge in [0.25, 0.3) is 0 Å². The Hall–Kier alpha value is -1.28. The van der Waals surface area contributed by atoms with Crippen LogP contribution in [0.4, 0.5) is 4.79 Å². The molecule has 6 nitrogen and oxygen atoms in total. The van der Waals surface area contributed by atoms with Crippen LogP contribution < -0.4 is 5.32 Å². The third-order valence-corrected chi connectivity index (χ3v) is 5.14. The Morgan fingerprint density at radius 3 is 3.05 bits per heavy atom. The first kappa shape index (κ1) is 16.1. The fraction of sp³-hybridized carbons (Fsp3) is 0.615. The van der Waals surface area contributed by atoms with Crippen molar-refractivity contribution in [3.63, 3.8) is 0 Å². The third kappa shape index (κ3) is 4.89. The summed E-state index contributed by atoms with van der Waals surface area (Å²) in [6.45, 7) is 3.07. The third-order valence-electron chi connectivity index (χ3n) is 3.22. The molecule has 1 aliphatic heterocycles. The monoisotopic (exact) mass is 329 g/mol. The molecule has 0 saturated carbocycles. The molecular formula is C13H19N3O3S2. The Kier molecular flexibility index (Phi) is 5.86. The van der Waals surface area contributed by atoms with Crippen LogP contribution in [-0.2, 0) is 11.2 Å². The molecule has 2 amide bonds. The van der Waals surface area contributed by atoms with E-state index in [2.05, 4.69) is 10.3 Å². The first-order valence-electron chi connectivity index (χ1n) is 6.81. The molecule has 0 bridgehead atoms. The number of thioether (sulfide) groups is 1. The molecule has 0 spiro atoms. The van der Waals surface area contributed by atoms with Gasteiger partial charge >= 0.3 is 12.0 Å². The molecule has 1 aromatic rings. The molecule has 2 rings (SSSR count). The average molecular weight is 329 g/mol. The van der Waals surface area contributed by atoms with Gasteiger partial charge in [0.05, 0.1) is 23.2 Å². The van der Waals surface area contributed by atoms with Gasteiger partial charge in [-0.2, -0.15) is 11.8 Å². The highest BCUT2D eigenvalue weighted by atomic mass is 32.2. The van der Waals surface area contributed by atoms with E-state index in [1.165, 1.54) is 0 Å². The largest absolute Gasteiger partial charge is 0.481 e. The maximum absolute atomic E-state index is 12.2. The zero-order chi connectivity index (χ0) is 15.2. The number of aryl methyl sites for hydroxylation is 1. The van der Waals surface area contributed by atoms with Crippen LogP contribution in [0.1, 0.15) is 17.1 Å². The number of nitrogens with zero attached hydrogens (tertiary/aromatic N) is 2. The molecule has 1 unspecified atom stereocenters. The van der Waals surface area contributed by atoms with Gasteiger partial charge in [-0.05, 0) is 6.92 Å². The lowest BCUT2D eigenvalue weighted by atomic mass is 10.2. The molecule has 21 heavy (non-hydrogen) atoms.